The van der Waals surface area contributed by atoms with Crippen LogP contribution in [0.3, 0.4) is 0 Å². The van der Waals surface area contributed by atoms with Gasteiger partial charge in [0.05, 0.1) is 40.9 Å². The predicted octanol–water partition coefficient (Wildman–Crippen LogP) is 4.81. The molecule has 1 atom stereocenters. The summed E-state index contributed by atoms with van der Waals surface area (Å²) in [5.74, 6) is 0.161. The van der Waals surface area contributed by atoms with E-state index in [2.05, 4.69) is 35.0 Å². The molecule has 1 fully saturated rings. The highest BCUT2D eigenvalue weighted by Crippen LogP contribution is 2.50. The van der Waals surface area contributed by atoms with E-state index in [1.54, 1.807) is 7.11 Å². The molecule has 3 rings (SSSR count). The third-order valence-electron chi connectivity index (χ3n) is 4.74. The van der Waals surface area contributed by atoms with Gasteiger partial charge in [-0.25, -0.2) is 0 Å². The first-order valence-electron chi connectivity index (χ1n) is 8.35. The summed E-state index contributed by atoms with van der Waals surface area (Å²) < 4.78 is 7.23. The largest absolute Gasteiger partial charge is 0.383 e. The number of hydrogen-bond donors (Lipinski definition) is 0. The molecule has 25 heavy (non-hydrogen) atoms. The Morgan fingerprint density at radius 3 is 2.40 bits per heavy atom. The van der Waals surface area contributed by atoms with Crippen LogP contribution in [0, 0.1) is 0 Å². The number of nitrogens with zero attached hydrogens (tertiary/aromatic N) is 1. The van der Waals surface area contributed by atoms with Crippen molar-refractivity contribution in [3.63, 3.8) is 0 Å². The molecule has 0 unspecified atom stereocenters. The predicted molar refractivity (Wildman–Crippen MR) is 109 cm³/mol. The third-order valence-corrected chi connectivity index (χ3v) is 6.22. The van der Waals surface area contributed by atoms with Crippen LogP contribution in [0.2, 0.25) is 5.02 Å². The highest BCUT2D eigenvalue weighted by molar-refractivity contribution is 14.1. The minimum Gasteiger partial charge on any atom is -0.383 e. The summed E-state index contributed by atoms with van der Waals surface area (Å²) in [5.41, 5.74) is 1.86. The number of halogens is 2. The normalized spacial score (nSPS) is 16.3. The number of benzene rings is 2. The van der Waals surface area contributed by atoms with Crippen LogP contribution in [0.25, 0.3) is 0 Å². The Bertz CT molecular complexity index is 716. The van der Waals surface area contributed by atoms with Gasteiger partial charge in [0.2, 0.25) is 5.91 Å². The zero-order valence-electron chi connectivity index (χ0n) is 14.1. The maximum Gasteiger partial charge on any atom is 0.242 e. The van der Waals surface area contributed by atoms with Gasteiger partial charge in [-0.1, -0.05) is 54.1 Å². The standard InChI is InChI=1S/C20H21ClINO2/c1-25-14-18(13-15-5-3-2-4-6-15)23(22)19(24)20(11-12-20)16-7-9-17(21)10-8-16/h2-10,18H,11-14H2,1H3/t18-/m0/s1. The van der Waals surface area contributed by atoms with Gasteiger partial charge in [-0.2, -0.15) is 0 Å². The monoisotopic (exact) mass is 469 g/mol. The minimum atomic E-state index is -0.394. The van der Waals surface area contributed by atoms with Crippen LogP contribution < -0.4 is 0 Å². The molecule has 0 radical (unpaired) electrons. The summed E-state index contributed by atoms with van der Waals surface area (Å²) in [4.78, 5) is 13.2. The van der Waals surface area contributed by atoms with E-state index >= 15 is 0 Å². The SMILES string of the molecule is COC[C@H](Cc1ccccc1)N(I)C(=O)C1(c2ccc(Cl)cc2)CC1. The molecule has 2 aromatic rings. The Morgan fingerprint density at radius 1 is 1.20 bits per heavy atom. The molecule has 0 aliphatic heterocycles. The summed E-state index contributed by atoms with van der Waals surface area (Å²) >= 11 is 8.15. The molecule has 0 N–H and O–H groups in total. The summed E-state index contributed by atoms with van der Waals surface area (Å²) in [6, 6.07) is 17.9. The number of carbonyl (C=O) groups excluding carboxylic acids is 1. The molecular weight excluding hydrogens is 449 g/mol. The molecule has 0 bridgehead atoms. The van der Waals surface area contributed by atoms with E-state index in [0.29, 0.717) is 11.6 Å². The van der Waals surface area contributed by atoms with Gasteiger partial charge in [-0.05, 0) is 42.5 Å². The lowest BCUT2D eigenvalue weighted by Crippen LogP contribution is -2.42. The molecule has 2 aromatic carbocycles. The zero-order valence-corrected chi connectivity index (χ0v) is 17.0. The second-order valence-corrected chi connectivity index (χ2v) is 7.98. The maximum atomic E-state index is 13.2. The lowest BCUT2D eigenvalue weighted by Gasteiger charge is -2.29. The quantitative estimate of drug-likeness (QED) is 0.430. The lowest BCUT2D eigenvalue weighted by molar-refractivity contribution is -0.129. The van der Waals surface area contributed by atoms with Crippen LogP contribution in [0.15, 0.2) is 54.6 Å². The van der Waals surface area contributed by atoms with Crippen molar-refractivity contribution in [2.75, 3.05) is 13.7 Å². The number of amides is 1. The molecule has 1 aliphatic carbocycles. The molecule has 1 aliphatic rings. The fourth-order valence-electron chi connectivity index (χ4n) is 3.17. The smallest absolute Gasteiger partial charge is 0.242 e. The summed E-state index contributed by atoms with van der Waals surface area (Å²) in [7, 11) is 1.68. The average molecular weight is 470 g/mol. The van der Waals surface area contributed by atoms with Crippen molar-refractivity contribution in [1.29, 1.82) is 0 Å². The van der Waals surface area contributed by atoms with Gasteiger partial charge < -0.3 is 4.74 Å². The fraction of sp³-hybridized carbons (Fsp3) is 0.350. The number of rotatable bonds is 7. The van der Waals surface area contributed by atoms with Crippen molar-refractivity contribution in [3.8, 4) is 0 Å². The minimum absolute atomic E-state index is 0.00488. The molecule has 5 heteroatoms. The van der Waals surface area contributed by atoms with Crippen molar-refractivity contribution >= 4 is 40.4 Å². The van der Waals surface area contributed by atoms with Crippen LogP contribution >= 0.6 is 34.5 Å². The first kappa shape index (κ1) is 18.7. The van der Waals surface area contributed by atoms with Crippen LogP contribution in [-0.4, -0.2) is 28.8 Å². The van der Waals surface area contributed by atoms with Gasteiger partial charge in [0.15, 0.2) is 0 Å². The van der Waals surface area contributed by atoms with E-state index in [9.17, 15) is 4.79 Å². The molecule has 0 saturated heterocycles. The molecule has 1 saturated carbocycles. The average Bonchev–Trinajstić information content (AvgIpc) is 3.43. The van der Waals surface area contributed by atoms with Gasteiger partial charge in [0.25, 0.3) is 0 Å². The van der Waals surface area contributed by atoms with E-state index < -0.39 is 5.41 Å². The number of hydrogen-bond acceptors (Lipinski definition) is 2. The maximum absolute atomic E-state index is 13.2. The summed E-state index contributed by atoms with van der Waals surface area (Å²) in [5, 5.41) is 0.694. The van der Waals surface area contributed by atoms with Gasteiger partial charge >= 0.3 is 0 Å². The number of methoxy groups -OCH3 is 1. The van der Waals surface area contributed by atoms with E-state index in [-0.39, 0.29) is 11.9 Å². The first-order valence-corrected chi connectivity index (χ1v) is 9.69. The van der Waals surface area contributed by atoms with E-state index in [4.69, 9.17) is 16.3 Å². The Labute approximate surface area is 167 Å². The van der Waals surface area contributed by atoms with Crippen molar-refractivity contribution in [2.24, 2.45) is 0 Å². The van der Waals surface area contributed by atoms with Crippen LogP contribution in [0.4, 0.5) is 0 Å². The van der Waals surface area contributed by atoms with Crippen molar-refractivity contribution in [1.82, 2.24) is 3.11 Å². The molecule has 3 nitrogen and oxygen atoms in total. The lowest BCUT2D eigenvalue weighted by atomic mass is 9.94. The summed E-state index contributed by atoms with van der Waals surface area (Å²) in [6.45, 7) is 0.514. The second kappa shape index (κ2) is 8.06. The Balaban J connectivity index is 1.78. The van der Waals surface area contributed by atoms with Gasteiger partial charge in [0, 0.05) is 12.1 Å². The zero-order chi connectivity index (χ0) is 17.9. The Morgan fingerprint density at radius 2 is 1.84 bits per heavy atom. The van der Waals surface area contributed by atoms with Crippen molar-refractivity contribution in [3.05, 3.63) is 70.7 Å². The van der Waals surface area contributed by atoms with Gasteiger partial charge in [-0.15, -0.1) is 0 Å². The number of ether oxygens (including phenoxy) is 1. The molecule has 0 aromatic heterocycles. The molecule has 132 valence electrons. The first-order chi connectivity index (χ1) is 12.1. The molecule has 1 amide bonds. The van der Waals surface area contributed by atoms with Gasteiger partial charge in [0.1, 0.15) is 0 Å². The second-order valence-electron chi connectivity index (χ2n) is 6.50. The Hall–Kier alpha value is -1.11. The fourth-order valence-corrected chi connectivity index (χ4v) is 4.12. The van der Waals surface area contributed by atoms with E-state index in [0.717, 1.165) is 24.8 Å². The summed E-state index contributed by atoms with van der Waals surface area (Å²) in [6.07, 6.45) is 2.55. The highest BCUT2D eigenvalue weighted by atomic mass is 127. The topological polar surface area (TPSA) is 29.5 Å². The van der Waals surface area contributed by atoms with E-state index in [1.165, 1.54) is 5.56 Å². The third kappa shape index (κ3) is 4.18. The van der Waals surface area contributed by atoms with Crippen molar-refractivity contribution < 1.29 is 9.53 Å². The van der Waals surface area contributed by atoms with Crippen LogP contribution in [-0.2, 0) is 21.4 Å². The van der Waals surface area contributed by atoms with Crippen molar-refractivity contribution in [2.45, 2.75) is 30.7 Å². The van der Waals surface area contributed by atoms with Gasteiger partial charge in [-0.3, -0.25) is 7.91 Å². The van der Waals surface area contributed by atoms with Crippen LogP contribution in [0.5, 0.6) is 0 Å². The molecule has 0 spiro atoms. The number of carbonyl (C=O) groups is 1. The Kier molecular flexibility index (Phi) is 6.02. The van der Waals surface area contributed by atoms with E-state index in [1.807, 2.05) is 45.6 Å². The molecule has 0 heterocycles. The molecular formula is C20H21ClINO2. The highest BCUT2D eigenvalue weighted by Gasteiger charge is 2.53. The van der Waals surface area contributed by atoms with Crippen LogP contribution in [0.1, 0.15) is 24.0 Å².